The molecule has 34 heavy (non-hydrogen) atoms. The summed E-state index contributed by atoms with van der Waals surface area (Å²) in [6, 6.07) is 5.88. The molecule has 1 aromatic rings. The minimum atomic E-state index is -0.819. The zero-order valence-corrected chi connectivity index (χ0v) is 22.2. The fraction of sp³-hybridized carbons (Fsp3) is 0.750. The van der Waals surface area contributed by atoms with Crippen molar-refractivity contribution in [1.82, 2.24) is 0 Å². The van der Waals surface area contributed by atoms with Crippen LogP contribution in [0.2, 0.25) is 0 Å². The highest BCUT2D eigenvalue weighted by Gasteiger charge is 2.54. The van der Waals surface area contributed by atoms with Crippen molar-refractivity contribution in [1.29, 1.82) is 0 Å². The van der Waals surface area contributed by atoms with Crippen molar-refractivity contribution < 1.29 is 28.5 Å². The normalized spacial score (nSPS) is 38.9. The summed E-state index contributed by atoms with van der Waals surface area (Å²) in [5, 5.41) is 0. The lowest BCUT2D eigenvalue weighted by Gasteiger charge is -2.51. The molecule has 190 valence electrons. The third-order valence-electron chi connectivity index (χ3n) is 8.16. The van der Waals surface area contributed by atoms with E-state index in [4.69, 9.17) is 23.7 Å². The van der Waals surface area contributed by atoms with Gasteiger partial charge in [0.05, 0.1) is 30.3 Å². The molecule has 0 spiro atoms. The van der Waals surface area contributed by atoms with E-state index < -0.39 is 17.5 Å². The fourth-order valence-corrected chi connectivity index (χ4v) is 6.20. The first-order valence-corrected chi connectivity index (χ1v) is 12.8. The topological polar surface area (TPSA) is 63.2 Å². The molecule has 0 saturated carbocycles. The van der Waals surface area contributed by atoms with Crippen LogP contribution in [0.5, 0.6) is 5.75 Å². The standard InChI is InChI=1S/C28H42O6/c1-15-11-10-12-16(2)22(15)30-26(29)20(6)25-19(5)24(32-27(7,8)33-25)18(4)23-17(3)21-13-14-28(9,31-21)34-23/h10-12,17-21,23-25H,13-14H2,1-9H3/t17-,18+,19+,20-,21+,23+,24-,25-,28-/m1/s1. The number of hydrogen-bond acceptors (Lipinski definition) is 6. The number of aryl methyl sites for hydroxylation is 2. The van der Waals surface area contributed by atoms with Gasteiger partial charge in [0.2, 0.25) is 0 Å². The van der Waals surface area contributed by atoms with Crippen LogP contribution in [0.1, 0.15) is 72.4 Å². The molecule has 0 amide bonds. The second-order valence-electron chi connectivity index (χ2n) is 11.5. The Labute approximate surface area is 204 Å². The molecule has 0 aliphatic carbocycles. The van der Waals surface area contributed by atoms with Crippen molar-refractivity contribution in [2.45, 2.75) is 111 Å². The molecule has 0 aromatic heterocycles. The molecule has 0 N–H and O–H groups in total. The first kappa shape index (κ1) is 25.6. The van der Waals surface area contributed by atoms with Gasteiger partial charge in [-0.2, -0.15) is 0 Å². The Morgan fingerprint density at radius 2 is 1.53 bits per heavy atom. The number of para-hydroxylation sites is 1. The highest BCUT2D eigenvalue weighted by atomic mass is 16.7. The van der Waals surface area contributed by atoms with Gasteiger partial charge in [0.25, 0.3) is 0 Å². The lowest BCUT2D eigenvalue weighted by atomic mass is 9.77. The number of fused-ring (bicyclic) bond motifs is 2. The molecule has 3 aliphatic rings. The maximum absolute atomic E-state index is 13.3. The van der Waals surface area contributed by atoms with Crippen LogP contribution in [0.15, 0.2) is 18.2 Å². The zero-order valence-electron chi connectivity index (χ0n) is 22.2. The Hall–Kier alpha value is -1.47. The molecule has 0 radical (unpaired) electrons. The van der Waals surface area contributed by atoms with Crippen molar-refractivity contribution in [3.63, 3.8) is 0 Å². The van der Waals surface area contributed by atoms with Gasteiger partial charge < -0.3 is 23.7 Å². The first-order chi connectivity index (χ1) is 15.8. The minimum absolute atomic E-state index is 0.0186. The average Bonchev–Trinajstić information content (AvgIpc) is 3.11. The van der Waals surface area contributed by atoms with E-state index in [0.29, 0.717) is 5.75 Å². The van der Waals surface area contributed by atoms with Crippen LogP contribution in [0, 0.1) is 37.5 Å². The van der Waals surface area contributed by atoms with Crippen molar-refractivity contribution in [2.24, 2.45) is 23.7 Å². The molecule has 3 saturated heterocycles. The molecule has 3 heterocycles. The molecule has 3 fully saturated rings. The van der Waals surface area contributed by atoms with Gasteiger partial charge in [0.1, 0.15) is 5.75 Å². The molecule has 4 rings (SSSR count). The van der Waals surface area contributed by atoms with Crippen molar-refractivity contribution in [2.75, 3.05) is 0 Å². The summed E-state index contributed by atoms with van der Waals surface area (Å²) in [5.41, 5.74) is 1.89. The van der Waals surface area contributed by atoms with Gasteiger partial charge in [0.15, 0.2) is 11.6 Å². The summed E-state index contributed by atoms with van der Waals surface area (Å²) in [6.45, 7) is 18.2. The first-order valence-electron chi connectivity index (χ1n) is 12.8. The van der Waals surface area contributed by atoms with Gasteiger partial charge in [-0.05, 0) is 59.1 Å². The molecule has 0 unspecified atom stereocenters. The highest BCUT2D eigenvalue weighted by molar-refractivity contribution is 5.76. The lowest BCUT2D eigenvalue weighted by Crippen LogP contribution is -2.59. The predicted molar refractivity (Wildman–Crippen MR) is 129 cm³/mol. The fourth-order valence-electron chi connectivity index (χ4n) is 6.20. The van der Waals surface area contributed by atoms with E-state index in [1.807, 2.05) is 59.7 Å². The third-order valence-corrected chi connectivity index (χ3v) is 8.16. The number of hydrogen-bond donors (Lipinski definition) is 0. The monoisotopic (exact) mass is 474 g/mol. The summed E-state index contributed by atoms with van der Waals surface area (Å²) >= 11 is 0. The summed E-state index contributed by atoms with van der Waals surface area (Å²) in [5.74, 6) is -1.06. The summed E-state index contributed by atoms with van der Waals surface area (Å²) in [7, 11) is 0. The minimum Gasteiger partial charge on any atom is -0.426 e. The number of carbonyl (C=O) groups excluding carboxylic acids is 1. The van der Waals surface area contributed by atoms with E-state index in [9.17, 15) is 4.79 Å². The smallest absolute Gasteiger partial charge is 0.316 e. The number of ether oxygens (including phenoxy) is 5. The van der Waals surface area contributed by atoms with Gasteiger partial charge in [-0.1, -0.05) is 39.0 Å². The Kier molecular flexibility index (Phi) is 6.93. The molecule has 6 heteroatoms. The van der Waals surface area contributed by atoms with E-state index in [0.717, 1.165) is 24.0 Å². The van der Waals surface area contributed by atoms with Gasteiger partial charge in [0, 0.05) is 24.2 Å². The number of benzene rings is 1. The van der Waals surface area contributed by atoms with Crippen LogP contribution in [-0.2, 0) is 23.7 Å². The third kappa shape index (κ3) is 4.79. The predicted octanol–water partition coefficient (Wildman–Crippen LogP) is 5.57. The Morgan fingerprint density at radius 3 is 2.18 bits per heavy atom. The quantitative estimate of drug-likeness (QED) is 0.411. The molecular weight excluding hydrogens is 432 g/mol. The highest BCUT2D eigenvalue weighted by Crippen LogP contribution is 2.47. The van der Waals surface area contributed by atoms with Crippen LogP contribution in [-0.4, -0.2) is 42.0 Å². The van der Waals surface area contributed by atoms with Gasteiger partial charge in [-0.25, -0.2) is 0 Å². The van der Waals surface area contributed by atoms with Crippen LogP contribution < -0.4 is 4.74 Å². The van der Waals surface area contributed by atoms with Crippen LogP contribution in [0.25, 0.3) is 0 Å². The number of esters is 1. The zero-order chi connectivity index (χ0) is 25.0. The summed E-state index contributed by atoms with van der Waals surface area (Å²) in [4.78, 5) is 13.3. The lowest BCUT2D eigenvalue weighted by molar-refractivity contribution is -0.353. The molecule has 9 atom stereocenters. The van der Waals surface area contributed by atoms with E-state index in [2.05, 4.69) is 20.8 Å². The van der Waals surface area contributed by atoms with E-state index >= 15 is 0 Å². The molecule has 3 aliphatic heterocycles. The average molecular weight is 475 g/mol. The number of carbonyl (C=O) groups is 1. The second kappa shape index (κ2) is 9.20. The largest absolute Gasteiger partial charge is 0.426 e. The van der Waals surface area contributed by atoms with Crippen LogP contribution >= 0.6 is 0 Å². The van der Waals surface area contributed by atoms with E-state index in [1.165, 1.54) is 0 Å². The SMILES string of the molecule is Cc1cccc(C)c1OC(=O)[C@H](C)[C@@H]1OC(C)(C)O[C@H]([C@@H](C)[C@H]2O[C@]3(C)CC[C@H](O3)[C@H]2C)[C@@H]1C. The molecule has 2 bridgehead atoms. The maximum atomic E-state index is 13.3. The summed E-state index contributed by atoms with van der Waals surface area (Å²) in [6.07, 6.45) is 1.72. The van der Waals surface area contributed by atoms with E-state index in [1.54, 1.807) is 0 Å². The Bertz CT molecular complexity index is 892. The maximum Gasteiger partial charge on any atom is 0.316 e. The Morgan fingerprint density at radius 1 is 0.941 bits per heavy atom. The molecule has 1 aromatic carbocycles. The van der Waals surface area contributed by atoms with Crippen molar-refractivity contribution >= 4 is 5.97 Å². The van der Waals surface area contributed by atoms with Crippen LogP contribution in [0.3, 0.4) is 0 Å². The van der Waals surface area contributed by atoms with Gasteiger partial charge >= 0.3 is 5.97 Å². The summed E-state index contributed by atoms with van der Waals surface area (Å²) < 4.78 is 31.4. The molecular formula is C28H42O6. The van der Waals surface area contributed by atoms with Gasteiger partial charge in [-0.3, -0.25) is 4.79 Å². The van der Waals surface area contributed by atoms with Gasteiger partial charge in [-0.15, -0.1) is 0 Å². The second-order valence-corrected chi connectivity index (χ2v) is 11.5. The Balaban J connectivity index is 1.53. The van der Waals surface area contributed by atoms with Crippen LogP contribution in [0.4, 0.5) is 0 Å². The number of rotatable bonds is 5. The van der Waals surface area contributed by atoms with Crippen molar-refractivity contribution in [3.05, 3.63) is 29.3 Å². The molecule has 6 nitrogen and oxygen atoms in total. The van der Waals surface area contributed by atoms with Crippen molar-refractivity contribution in [3.8, 4) is 5.75 Å². The van der Waals surface area contributed by atoms with E-state index in [-0.39, 0.29) is 48.1 Å².